The van der Waals surface area contributed by atoms with Crippen LogP contribution in [0.4, 0.5) is 0 Å². The topological polar surface area (TPSA) is 18.5 Å². The molecule has 2 nitrogen and oxygen atoms in total. The fourth-order valence-corrected chi connectivity index (χ4v) is 0.942. The molecule has 1 radical (unpaired) electrons. The second kappa shape index (κ2) is 6.44. The second-order valence-electron chi connectivity index (χ2n) is 3.44. The number of rotatable bonds is 6. The maximum atomic E-state index is 5.54. The minimum absolute atomic E-state index is 0.0810. The van der Waals surface area contributed by atoms with E-state index in [4.69, 9.17) is 9.47 Å². The Bertz CT molecular complexity index is 90.0. The van der Waals surface area contributed by atoms with Gasteiger partial charge >= 0.3 is 0 Å². The van der Waals surface area contributed by atoms with Gasteiger partial charge in [-0.05, 0) is 40.5 Å². The largest absolute Gasteiger partial charge is 0.350 e. The van der Waals surface area contributed by atoms with Gasteiger partial charge < -0.3 is 9.47 Å². The average molecular weight is 173 g/mol. The lowest BCUT2D eigenvalue weighted by atomic mass is 10.3. The molecule has 0 aliphatic rings. The van der Waals surface area contributed by atoms with Gasteiger partial charge in [0.05, 0.1) is 12.2 Å². The summed E-state index contributed by atoms with van der Waals surface area (Å²) < 4.78 is 11.1. The van der Waals surface area contributed by atoms with Gasteiger partial charge in [0, 0.05) is 0 Å². The van der Waals surface area contributed by atoms with Crippen molar-refractivity contribution in [2.75, 3.05) is 0 Å². The van der Waals surface area contributed by atoms with Crippen molar-refractivity contribution in [3.05, 3.63) is 6.92 Å². The molecular formula is C10H21O2. The van der Waals surface area contributed by atoms with Gasteiger partial charge in [0.2, 0.25) is 0 Å². The molecule has 0 spiro atoms. The zero-order valence-electron chi connectivity index (χ0n) is 8.67. The molecule has 0 aromatic carbocycles. The van der Waals surface area contributed by atoms with Crippen LogP contribution in [-0.2, 0) is 9.47 Å². The molecule has 0 heterocycles. The van der Waals surface area contributed by atoms with Crippen molar-refractivity contribution in [1.82, 2.24) is 0 Å². The van der Waals surface area contributed by atoms with Crippen molar-refractivity contribution in [2.24, 2.45) is 0 Å². The molecule has 73 valence electrons. The monoisotopic (exact) mass is 173 g/mol. The molecule has 0 amide bonds. The lowest BCUT2D eigenvalue weighted by Gasteiger charge is -2.22. The van der Waals surface area contributed by atoms with E-state index in [0.717, 1.165) is 12.8 Å². The zero-order valence-corrected chi connectivity index (χ0v) is 8.67. The van der Waals surface area contributed by atoms with Gasteiger partial charge in [-0.3, -0.25) is 0 Å². The van der Waals surface area contributed by atoms with Crippen LogP contribution in [0, 0.1) is 6.92 Å². The minimum Gasteiger partial charge on any atom is -0.350 e. The maximum absolute atomic E-state index is 5.54. The van der Waals surface area contributed by atoms with E-state index in [1.807, 2.05) is 27.7 Å². The summed E-state index contributed by atoms with van der Waals surface area (Å²) in [5.41, 5.74) is 0. The Morgan fingerprint density at radius 1 is 1.00 bits per heavy atom. The molecule has 0 atom stereocenters. The zero-order chi connectivity index (χ0) is 9.56. The van der Waals surface area contributed by atoms with Crippen molar-refractivity contribution in [3.63, 3.8) is 0 Å². The highest BCUT2D eigenvalue weighted by Gasteiger charge is 2.11. The predicted molar refractivity (Wildman–Crippen MR) is 50.8 cm³/mol. The van der Waals surface area contributed by atoms with Gasteiger partial charge in [-0.2, -0.15) is 0 Å². The fourth-order valence-electron chi connectivity index (χ4n) is 0.942. The first-order valence-corrected chi connectivity index (χ1v) is 4.66. The average Bonchev–Trinajstić information content (AvgIpc) is 1.84. The van der Waals surface area contributed by atoms with Crippen LogP contribution in [-0.4, -0.2) is 18.5 Å². The van der Waals surface area contributed by atoms with Gasteiger partial charge in [0.25, 0.3) is 0 Å². The molecule has 0 unspecified atom stereocenters. The van der Waals surface area contributed by atoms with Crippen molar-refractivity contribution >= 4 is 0 Å². The first-order chi connectivity index (χ1) is 5.56. The molecule has 0 aliphatic carbocycles. The molecule has 0 bridgehead atoms. The maximum Gasteiger partial charge on any atom is 0.158 e. The SMILES string of the molecule is [CH2]CCC(OC(C)C)OC(C)C. The molecule has 0 rings (SSSR count). The first-order valence-electron chi connectivity index (χ1n) is 4.66. The van der Waals surface area contributed by atoms with Crippen molar-refractivity contribution in [3.8, 4) is 0 Å². The lowest BCUT2D eigenvalue weighted by Crippen LogP contribution is -2.24. The fraction of sp³-hybridized carbons (Fsp3) is 0.900. The van der Waals surface area contributed by atoms with Gasteiger partial charge in [-0.15, -0.1) is 0 Å². The third-order valence-electron chi connectivity index (χ3n) is 1.29. The van der Waals surface area contributed by atoms with E-state index in [1.54, 1.807) is 0 Å². The summed E-state index contributed by atoms with van der Waals surface area (Å²) in [6.45, 7) is 11.8. The van der Waals surface area contributed by atoms with E-state index in [2.05, 4.69) is 6.92 Å². The summed E-state index contributed by atoms with van der Waals surface area (Å²) in [4.78, 5) is 0. The second-order valence-corrected chi connectivity index (χ2v) is 3.44. The number of hydrogen-bond acceptors (Lipinski definition) is 2. The van der Waals surface area contributed by atoms with Crippen LogP contribution >= 0.6 is 0 Å². The predicted octanol–water partition coefficient (Wildman–Crippen LogP) is 2.78. The Hall–Kier alpha value is -0.0800. The minimum atomic E-state index is -0.0810. The first kappa shape index (κ1) is 11.9. The third-order valence-corrected chi connectivity index (χ3v) is 1.29. The summed E-state index contributed by atoms with van der Waals surface area (Å²) in [5.74, 6) is 0. The Morgan fingerprint density at radius 2 is 1.42 bits per heavy atom. The summed E-state index contributed by atoms with van der Waals surface area (Å²) in [7, 11) is 0. The molecule has 0 saturated carbocycles. The molecule has 0 aromatic rings. The summed E-state index contributed by atoms with van der Waals surface area (Å²) in [6, 6.07) is 0. The normalized spacial score (nSPS) is 12.0. The molecule has 12 heavy (non-hydrogen) atoms. The van der Waals surface area contributed by atoms with Crippen molar-refractivity contribution < 1.29 is 9.47 Å². The van der Waals surface area contributed by atoms with Crippen LogP contribution in [0.25, 0.3) is 0 Å². The Kier molecular flexibility index (Phi) is 6.39. The molecule has 0 N–H and O–H groups in total. The van der Waals surface area contributed by atoms with E-state index in [9.17, 15) is 0 Å². The van der Waals surface area contributed by atoms with E-state index >= 15 is 0 Å². The van der Waals surface area contributed by atoms with Crippen LogP contribution in [0.2, 0.25) is 0 Å². The van der Waals surface area contributed by atoms with Crippen LogP contribution in [0.3, 0.4) is 0 Å². The number of hydrogen-bond donors (Lipinski definition) is 0. The smallest absolute Gasteiger partial charge is 0.158 e. The van der Waals surface area contributed by atoms with Crippen LogP contribution in [0.1, 0.15) is 40.5 Å². The Labute approximate surface area is 76.3 Å². The Balaban J connectivity index is 3.69. The molecule has 0 fully saturated rings. The van der Waals surface area contributed by atoms with Gasteiger partial charge in [0.1, 0.15) is 0 Å². The van der Waals surface area contributed by atoms with Crippen LogP contribution in [0.15, 0.2) is 0 Å². The molecular weight excluding hydrogens is 152 g/mol. The van der Waals surface area contributed by atoms with Crippen LogP contribution in [0.5, 0.6) is 0 Å². The molecule has 0 saturated heterocycles. The van der Waals surface area contributed by atoms with Crippen molar-refractivity contribution in [2.45, 2.75) is 59.0 Å². The summed E-state index contributed by atoms with van der Waals surface area (Å²) in [6.07, 6.45) is 2.09. The third kappa shape index (κ3) is 6.62. The van der Waals surface area contributed by atoms with E-state index in [0.29, 0.717) is 0 Å². The lowest BCUT2D eigenvalue weighted by molar-refractivity contribution is -0.183. The molecule has 0 aromatic heterocycles. The molecule has 0 aliphatic heterocycles. The standard InChI is InChI=1S/C10H21O2/c1-6-7-10(11-8(2)3)12-9(4)5/h8-10H,1,6-7H2,2-5H3. The summed E-state index contributed by atoms with van der Waals surface area (Å²) in [5, 5.41) is 0. The molecule has 2 heteroatoms. The van der Waals surface area contributed by atoms with E-state index in [1.165, 1.54) is 0 Å². The Morgan fingerprint density at radius 3 is 1.67 bits per heavy atom. The van der Waals surface area contributed by atoms with E-state index < -0.39 is 0 Å². The highest BCUT2D eigenvalue weighted by Crippen LogP contribution is 2.09. The van der Waals surface area contributed by atoms with Crippen molar-refractivity contribution in [1.29, 1.82) is 0 Å². The van der Waals surface area contributed by atoms with Gasteiger partial charge in [0.15, 0.2) is 6.29 Å². The quantitative estimate of drug-likeness (QED) is 0.575. The van der Waals surface area contributed by atoms with Gasteiger partial charge in [-0.1, -0.05) is 6.92 Å². The highest BCUT2D eigenvalue weighted by molar-refractivity contribution is 4.52. The van der Waals surface area contributed by atoms with E-state index in [-0.39, 0.29) is 18.5 Å². The van der Waals surface area contributed by atoms with Gasteiger partial charge in [-0.25, -0.2) is 0 Å². The van der Waals surface area contributed by atoms with Crippen LogP contribution < -0.4 is 0 Å². The highest BCUT2D eigenvalue weighted by atomic mass is 16.7. The summed E-state index contributed by atoms with van der Waals surface area (Å²) >= 11 is 0. The number of ether oxygens (including phenoxy) is 2.